The number of hydrogen-bond donors (Lipinski definition) is 1. The summed E-state index contributed by atoms with van der Waals surface area (Å²) in [6.45, 7) is 0. The number of aromatic amines is 1. The number of H-pyrrole nitrogens is 1. The summed E-state index contributed by atoms with van der Waals surface area (Å²) in [7, 11) is 0. The van der Waals surface area contributed by atoms with Gasteiger partial charge in [0, 0.05) is 17.7 Å². The Bertz CT molecular complexity index is 308. The van der Waals surface area contributed by atoms with Crippen LogP contribution in [0.25, 0.3) is 0 Å². The lowest BCUT2D eigenvalue weighted by atomic mass is 10.7. The van der Waals surface area contributed by atoms with Gasteiger partial charge in [0.15, 0.2) is 0 Å². The highest BCUT2D eigenvalue weighted by Gasteiger charge is 1.70. The molecule has 62 valence electrons. The van der Waals surface area contributed by atoms with Crippen molar-refractivity contribution in [3.05, 3.63) is 41.4 Å². The zero-order chi connectivity index (χ0) is 8.65. The lowest BCUT2D eigenvalue weighted by molar-refractivity contribution is 0.393. The lowest BCUT2D eigenvalue weighted by Crippen LogP contribution is -2.05. The van der Waals surface area contributed by atoms with Crippen molar-refractivity contribution in [2.45, 2.75) is 0 Å². The van der Waals surface area contributed by atoms with Crippen LogP contribution in [0.2, 0.25) is 0 Å². The van der Waals surface area contributed by atoms with Gasteiger partial charge in [0.25, 0.3) is 0 Å². The molecule has 0 spiro atoms. The monoisotopic (exact) mass is 166 g/mol. The molecule has 0 radical (unpaired) electrons. The topological polar surface area (TPSA) is 84.7 Å². The molecule has 0 aliphatic rings. The highest BCUT2D eigenvalue weighted by Crippen LogP contribution is 1.64. The zero-order valence-corrected chi connectivity index (χ0v) is 6.04. The summed E-state index contributed by atoms with van der Waals surface area (Å²) in [6, 6.07) is 1.65. The molecule has 0 aromatic carbocycles. The van der Waals surface area contributed by atoms with Gasteiger partial charge in [0.2, 0.25) is 0 Å². The van der Waals surface area contributed by atoms with Gasteiger partial charge in [0.1, 0.15) is 6.26 Å². The lowest BCUT2D eigenvalue weighted by Gasteiger charge is -1.72. The maximum absolute atomic E-state index is 10.1. The predicted octanol–water partition coefficient (Wildman–Crippen LogP) is -0.161. The molecular formula is C6H6N4O2. The van der Waals surface area contributed by atoms with Gasteiger partial charge in [-0.15, -0.1) is 5.10 Å². The van der Waals surface area contributed by atoms with Crippen LogP contribution in [0, 0.1) is 0 Å². The van der Waals surface area contributed by atoms with E-state index in [2.05, 4.69) is 24.9 Å². The summed E-state index contributed by atoms with van der Waals surface area (Å²) < 4.78 is 4.22. The van der Waals surface area contributed by atoms with Crippen molar-refractivity contribution in [2.75, 3.05) is 0 Å². The largest absolute Gasteiger partial charge is 0.346 e. The molecule has 0 aliphatic heterocycles. The van der Waals surface area contributed by atoms with E-state index in [0.29, 0.717) is 0 Å². The average Bonchev–Trinajstić information content (AvgIpc) is 2.62. The summed E-state index contributed by atoms with van der Waals surface area (Å²) in [5.74, 6) is 0. The standard InChI is InChI=1S/C4H4N2O.C2H2N2O/c7-4-5-2-1-3-6-4;1-2-5-4-3-1/h1-3H,(H,5,6,7);1-2H. The van der Waals surface area contributed by atoms with Crippen molar-refractivity contribution in [1.82, 2.24) is 20.3 Å². The van der Waals surface area contributed by atoms with Crippen molar-refractivity contribution in [2.24, 2.45) is 0 Å². The summed E-state index contributed by atoms with van der Waals surface area (Å²) in [5.41, 5.74) is -0.303. The fraction of sp³-hybridized carbons (Fsp3) is 0. The van der Waals surface area contributed by atoms with Crippen LogP contribution in [0.4, 0.5) is 0 Å². The third-order valence-electron chi connectivity index (χ3n) is 0.864. The summed E-state index contributed by atoms with van der Waals surface area (Å²) in [4.78, 5) is 15.8. The fourth-order valence-corrected chi connectivity index (χ4v) is 0.447. The Morgan fingerprint density at radius 2 is 2.33 bits per heavy atom. The first-order valence-electron chi connectivity index (χ1n) is 3.10. The highest BCUT2D eigenvalue weighted by molar-refractivity contribution is 4.75. The van der Waals surface area contributed by atoms with Gasteiger partial charge in [-0.05, 0) is 6.07 Å². The molecule has 1 N–H and O–H groups in total. The fourth-order valence-electron chi connectivity index (χ4n) is 0.447. The highest BCUT2D eigenvalue weighted by atomic mass is 16.5. The van der Waals surface area contributed by atoms with Crippen LogP contribution in [-0.4, -0.2) is 20.3 Å². The van der Waals surface area contributed by atoms with Crippen molar-refractivity contribution in [3.63, 3.8) is 0 Å². The smallest absolute Gasteiger partial charge is 0.344 e. The quantitative estimate of drug-likeness (QED) is 0.587. The predicted molar refractivity (Wildman–Crippen MR) is 39.2 cm³/mol. The number of aromatic nitrogens is 4. The number of nitrogens with zero attached hydrogens (tertiary/aromatic N) is 3. The Morgan fingerprint density at radius 3 is 2.58 bits per heavy atom. The Hall–Kier alpha value is -1.98. The van der Waals surface area contributed by atoms with Gasteiger partial charge >= 0.3 is 5.69 Å². The molecule has 2 aromatic heterocycles. The van der Waals surface area contributed by atoms with Gasteiger partial charge in [-0.2, -0.15) is 0 Å². The number of nitrogens with one attached hydrogen (secondary N) is 1. The summed E-state index contributed by atoms with van der Waals surface area (Å²) in [5, 5.41) is 6.40. The minimum Gasteiger partial charge on any atom is -0.346 e. The molecule has 2 heterocycles. The van der Waals surface area contributed by atoms with Crippen molar-refractivity contribution in [1.29, 1.82) is 0 Å². The average molecular weight is 166 g/mol. The Kier molecular flexibility index (Phi) is 3.23. The van der Waals surface area contributed by atoms with Crippen LogP contribution in [0.15, 0.2) is 40.2 Å². The van der Waals surface area contributed by atoms with Crippen LogP contribution < -0.4 is 5.69 Å². The Morgan fingerprint density at radius 1 is 1.42 bits per heavy atom. The molecule has 0 saturated carbocycles. The van der Waals surface area contributed by atoms with E-state index in [9.17, 15) is 4.79 Å². The maximum Gasteiger partial charge on any atom is 0.344 e. The van der Waals surface area contributed by atoms with Crippen LogP contribution >= 0.6 is 0 Å². The molecule has 2 aromatic rings. The van der Waals surface area contributed by atoms with Crippen LogP contribution in [0.5, 0.6) is 0 Å². The van der Waals surface area contributed by atoms with Crippen LogP contribution in [-0.2, 0) is 0 Å². The number of hydrogen-bond acceptors (Lipinski definition) is 5. The van der Waals surface area contributed by atoms with E-state index < -0.39 is 0 Å². The molecule has 0 atom stereocenters. The third-order valence-corrected chi connectivity index (χ3v) is 0.864. The first kappa shape index (κ1) is 8.12. The summed E-state index contributed by atoms with van der Waals surface area (Å²) >= 11 is 0. The molecule has 12 heavy (non-hydrogen) atoms. The van der Waals surface area contributed by atoms with Gasteiger partial charge in [-0.25, -0.2) is 9.78 Å². The molecule has 2 rings (SSSR count). The minimum atomic E-state index is -0.303. The normalized spacial score (nSPS) is 8.33. The van der Waals surface area contributed by atoms with Gasteiger partial charge in [-0.1, -0.05) is 0 Å². The molecule has 0 bridgehead atoms. The van der Waals surface area contributed by atoms with Gasteiger partial charge < -0.3 is 9.51 Å². The maximum atomic E-state index is 10.1. The van der Waals surface area contributed by atoms with Gasteiger partial charge in [0.05, 0.1) is 6.20 Å². The van der Waals surface area contributed by atoms with Crippen LogP contribution in [0.1, 0.15) is 0 Å². The second-order valence-electron chi connectivity index (χ2n) is 1.67. The summed E-state index contributed by atoms with van der Waals surface area (Å²) in [6.07, 6.45) is 5.86. The molecule has 0 aliphatic carbocycles. The SMILES string of the molecule is O=c1nccc[nH]1.c1conn1. The van der Waals surface area contributed by atoms with E-state index in [1.54, 1.807) is 6.07 Å². The van der Waals surface area contributed by atoms with E-state index in [0.717, 1.165) is 0 Å². The van der Waals surface area contributed by atoms with Crippen LogP contribution in [0.3, 0.4) is 0 Å². The molecular weight excluding hydrogens is 160 g/mol. The Labute approximate surface area is 67.2 Å². The first-order valence-corrected chi connectivity index (χ1v) is 3.10. The van der Waals surface area contributed by atoms with Crippen molar-refractivity contribution >= 4 is 0 Å². The molecule has 0 saturated heterocycles. The molecule has 6 heteroatoms. The second kappa shape index (κ2) is 4.78. The van der Waals surface area contributed by atoms with E-state index in [1.807, 2.05) is 0 Å². The molecule has 0 unspecified atom stereocenters. The van der Waals surface area contributed by atoms with E-state index in [-0.39, 0.29) is 5.69 Å². The van der Waals surface area contributed by atoms with Crippen molar-refractivity contribution in [3.8, 4) is 0 Å². The number of rotatable bonds is 0. The zero-order valence-electron chi connectivity index (χ0n) is 6.04. The molecule has 0 fully saturated rings. The minimum absolute atomic E-state index is 0.303. The third kappa shape index (κ3) is 3.25. The van der Waals surface area contributed by atoms with E-state index in [4.69, 9.17) is 0 Å². The van der Waals surface area contributed by atoms with E-state index >= 15 is 0 Å². The molecule has 0 amide bonds. The van der Waals surface area contributed by atoms with Crippen molar-refractivity contribution < 1.29 is 4.52 Å². The first-order chi connectivity index (χ1) is 5.89. The second-order valence-corrected chi connectivity index (χ2v) is 1.67. The van der Waals surface area contributed by atoms with Gasteiger partial charge in [-0.3, -0.25) is 0 Å². The Balaban J connectivity index is 0.000000127. The molecule has 6 nitrogen and oxygen atoms in total. The van der Waals surface area contributed by atoms with E-state index in [1.165, 1.54) is 24.9 Å².